The Morgan fingerprint density at radius 1 is 1.00 bits per heavy atom. The van der Waals surface area contributed by atoms with Crippen molar-refractivity contribution in [3.63, 3.8) is 0 Å². The fourth-order valence-corrected chi connectivity index (χ4v) is 4.62. The van der Waals surface area contributed by atoms with Gasteiger partial charge in [0, 0.05) is 49.3 Å². The number of amides is 1. The molecule has 0 spiro atoms. The van der Waals surface area contributed by atoms with E-state index in [9.17, 15) is 9.18 Å². The fourth-order valence-electron chi connectivity index (χ4n) is 4.49. The summed E-state index contributed by atoms with van der Waals surface area (Å²) >= 11 is 5.98. The van der Waals surface area contributed by atoms with Gasteiger partial charge in [0.2, 0.25) is 5.91 Å². The van der Waals surface area contributed by atoms with Gasteiger partial charge in [0.1, 0.15) is 12.4 Å². The highest BCUT2D eigenvalue weighted by Gasteiger charge is 2.23. The number of carbonyl (C=O) groups is 1. The van der Waals surface area contributed by atoms with E-state index in [4.69, 9.17) is 11.6 Å². The number of aromatic nitrogens is 3. The molecule has 1 aliphatic rings. The van der Waals surface area contributed by atoms with E-state index in [1.165, 1.54) is 17.7 Å². The molecule has 0 saturated carbocycles. The van der Waals surface area contributed by atoms with Crippen LogP contribution in [0, 0.1) is 12.7 Å². The summed E-state index contributed by atoms with van der Waals surface area (Å²) in [5.41, 5.74) is 4.49. The molecule has 8 heteroatoms. The number of carbonyl (C=O) groups excluding carboxylic acids is 1. The molecule has 34 heavy (non-hydrogen) atoms. The van der Waals surface area contributed by atoms with Crippen molar-refractivity contribution in [2.45, 2.75) is 20.0 Å². The average Bonchev–Trinajstić information content (AvgIpc) is 3.17. The minimum absolute atomic E-state index is 0.0320. The van der Waals surface area contributed by atoms with E-state index in [0.29, 0.717) is 18.7 Å². The predicted octanol–water partition coefficient (Wildman–Crippen LogP) is 4.54. The van der Waals surface area contributed by atoms with Crippen molar-refractivity contribution in [1.29, 1.82) is 0 Å². The van der Waals surface area contributed by atoms with Crippen LogP contribution in [0.5, 0.6) is 0 Å². The molecule has 0 N–H and O–H groups in total. The van der Waals surface area contributed by atoms with Crippen molar-refractivity contribution < 1.29 is 9.18 Å². The Labute approximate surface area is 202 Å². The number of hydrogen-bond acceptors (Lipinski definition) is 4. The van der Waals surface area contributed by atoms with Crippen LogP contribution in [-0.2, 0) is 17.9 Å². The highest BCUT2D eigenvalue weighted by atomic mass is 35.5. The zero-order chi connectivity index (χ0) is 23.7. The van der Waals surface area contributed by atoms with Gasteiger partial charge in [-0.05, 0) is 53.9 Å². The Morgan fingerprint density at radius 3 is 2.41 bits per heavy atom. The quantitative estimate of drug-likeness (QED) is 0.423. The van der Waals surface area contributed by atoms with Gasteiger partial charge in [-0.25, -0.2) is 14.1 Å². The molecular weight excluding hydrogens is 453 g/mol. The maximum atomic E-state index is 13.4. The van der Waals surface area contributed by atoms with Crippen molar-refractivity contribution in [3.8, 4) is 11.1 Å². The zero-order valence-electron chi connectivity index (χ0n) is 18.9. The zero-order valence-corrected chi connectivity index (χ0v) is 19.7. The SMILES string of the molecule is Cc1nn(CC(=O)N2CCN(Cc3ccc(Cl)cc3)CC2)c2nccc(-c3ccc(F)cc3)c12. The maximum absolute atomic E-state index is 13.4. The van der Waals surface area contributed by atoms with E-state index in [0.717, 1.165) is 46.9 Å². The third-order valence-electron chi connectivity index (χ3n) is 6.29. The number of benzene rings is 2. The lowest BCUT2D eigenvalue weighted by molar-refractivity contribution is -0.133. The highest BCUT2D eigenvalue weighted by Crippen LogP contribution is 2.30. The monoisotopic (exact) mass is 477 g/mol. The number of fused-ring (bicyclic) bond motifs is 1. The van der Waals surface area contributed by atoms with Gasteiger partial charge in [-0.3, -0.25) is 9.69 Å². The number of piperazine rings is 1. The van der Waals surface area contributed by atoms with Gasteiger partial charge >= 0.3 is 0 Å². The molecule has 2 aromatic heterocycles. The highest BCUT2D eigenvalue weighted by molar-refractivity contribution is 6.30. The van der Waals surface area contributed by atoms with Crippen LogP contribution in [0.1, 0.15) is 11.3 Å². The summed E-state index contributed by atoms with van der Waals surface area (Å²) in [5.74, 6) is -0.246. The first-order valence-electron chi connectivity index (χ1n) is 11.3. The third kappa shape index (κ3) is 4.67. The number of pyridine rings is 1. The van der Waals surface area contributed by atoms with Gasteiger partial charge in [-0.1, -0.05) is 35.9 Å². The van der Waals surface area contributed by atoms with E-state index < -0.39 is 0 Å². The van der Waals surface area contributed by atoms with E-state index >= 15 is 0 Å². The molecule has 0 unspecified atom stereocenters. The fraction of sp³-hybridized carbons (Fsp3) is 0.269. The van der Waals surface area contributed by atoms with E-state index in [-0.39, 0.29) is 18.3 Å². The molecule has 1 fully saturated rings. The molecule has 3 heterocycles. The molecule has 0 aliphatic carbocycles. The van der Waals surface area contributed by atoms with Gasteiger partial charge in [-0.15, -0.1) is 0 Å². The molecule has 4 aromatic rings. The smallest absolute Gasteiger partial charge is 0.244 e. The molecule has 1 saturated heterocycles. The van der Waals surface area contributed by atoms with Crippen LogP contribution < -0.4 is 0 Å². The predicted molar refractivity (Wildman–Crippen MR) is 131 cm³/mol. The molecule has 174 valence electrons. The van der Waals surface area contributed by atoms with Crippen molar-refractivity contribution in [2.24, 2.45) is 0 Å². The summed E-state index contributed by atoms with van der Waals surface area (Å²) in [6.07, 6.45) is 1.71. The molecule has 1 aliphatic heterocycles. The van der Waals surface area contributed by atoms with Crippen molar-refractivity contribution in [1.82, 2.24) is 24.6 Å². The van der Waals surface area contributed by atoms with E-state index in [2.05, 4.69) is 15.0 Å². The normalized spacial score (nSPS) is 14.6. The lowest BCUT2D eigenvalue weighted by atomic mass is 10.0. The Hall–Kier alpha value is -3.29. The van der Waals surface area contributed by atoms with Crippen LogP contribution in [-0.4, -0.2) is 56.7 Å². The Kier molecular flexibility index (Phi) is 6.30. The second-order valence-corrected chi connectivity index (χ2v) is 9.03. The first kappa shape index (κ1) is 22.5. The Balaban J connectivity index is 1.27. The molecule has 0 bridgehead atoms. The summed E-state index contributed by atoms with van der Waals surface area (Å²) in [7, 11) is 0. The van der Waals surface area contributed by atoms with E-state index in [1.807, 2.05) is 42.2 Å². The molecule has 2 aromatic carbocycles. The van der Waals surface area contributed by atoms with Crippen LogP contribution in [0.4, 0.5) is 4.39 Å². The minimum Gasteiger partial charge on any atom is -0.339 e. The first-order valence-corrected chi connectivity index (χ1v) is 11.7. The molecule has 1 amide bonds. The summed E-state index contributed by atoms with van der Waals surface area (Å²) < 4.78 is 15.1. The van der Waals surface area contributed by atoms with Crippen LogP contribution in [0.2, 0.25) is 5.02 Å². The molecule has 0 radical (unpaired) electrons. The van der Waals surface area contributed by atoms with Crippen LogP contribution in [0.3, 0.4) is 0 Å². The number of aryl methyl sites for hydroxylation is 1. The largest absolute Gasteiger partial charge is 0.339 e. The van der Waals surface area contributed by atoms with E-state index in [1.54, 1.807) is 23.0 Å². The van der Waals surface area contributed by atoms with Crippen LogP contribution in [0.15, 0.2) is 60.8 Å². The lowest BCUT2D eigenvalue weighted by Crippen LogP contribution is -2.49. The number of halogens is 2. The average molecular weight is 478 g/mol. The number of rotatable bonds is 5. The second-order valence-electron chi connectivity index (χ2n) is 8.59. The molecule has 5 rings (SSSR count). The van der Waals surface area contributed by atoms with Crippen LogP contribution >= 0.6 is 11.6 Å². The maximum Gasteiger partial charge on any atom is 0.244 e. The van der Waals surface area contributed by atoms with Crippen molar-refractivity contribution >= 4 is 28.5 Å². The number of nitrogens with zero attached hydrogens (tertiary/aromatic N) is 5. The van der Waals surface area contributed by atoms with Crippen LogP contribution in [0.25, 0.3) is 22.2 Å². The topological polar surface area (TPSA) is 54.3 Å². The van der Waals surface area contributed by atoms with Gasteiger partial charge in [0.05, 0.1) is 5.69 Å². The van der Waals surface area contributed by atoms with Gasteiger partial charge in [-0.2, -0.15) is 5.10 Å². The first-order chi connectivity index (χ1) is 16.5. The van der Waals surface area contributed by atoms with Gasteiger partial charge in [0.15, 0.2) is 5.65 Å². The Morgan fingerprint density at radius 2 is 1.71 bits per heavy atom. The van der Waals surface area contributed by atoms with Gasteiger partial charge < -0.3 is 4.90 Å². The second kappa shape index (κ2) is 9.52. The summed E-state index contributed by atoms with van der Waals surface area (Å²) in [6, 6.07) is 16.2. The minimum atomic E-state index is -0.277. The summed E-state index contributed by atoms with van der Waals surface area (Å²) in [4.78, 5) is 21.8. The molecular formula is C26H25ClFN5O. The lowest BCUT2D eigenvalue weighted by Gasteiger charge is -2.34. The standard InChI is InChI=1S/C26H25ClFN5O/c1-18-25-23(20-4-8-22(28)9-5-20)10-11-29-26(25)33(30-18)17-24(34)32-14-12-31(13-15-32)16-19-2-6-21(27)7-3-19/h2-11H,12-17H2,1H3. The molecule has 0 atom stereocenters. The molecule has 6 nitrogen and oxygen atoms in total. The van der Waals surface area contributed by atoms with Crippen molar-refractivity contribution in [2.75, 3.05) is 26.2 Å². The number of hydrogen-bond donors (Lipinski definition) is 0. The van der Waals surface area contributed by atoms with Gasteiger partial charge in [0.25, 0.3) is 0 Å². The Bertz CT molecular complexity index is 1310. The van der Waals surface area contributed by atoms with Crippen molar-refractivity contribution in [3.05, 3.63) is 82.9 Å². The summed E-state index contributed by atoms with van der Waals surface area (Å²) in [5, 5.41) is 6.24. The third-order valence-corrected chi connectivity index (χ3v) is 6.54. The summed E-state index contributed by atoms with van der Waals surface area (Å²) in [6.45, 7) is 5.89.